The van der Waals surface area contributed by atoms with Gasteiger partial charge >= 0.3 is 0 Å². The summed E-state index contributed by atoms with van der Waals surface area (Å²) in [7, 11) is 0.367. The molecule has 0 amide bonds. The highest BCUT2D eigenvalue weighted by Gasteiger charge is 2.40. The van der Waals surface area contributed by atoms with E-state index in [0.29, 0.717) is 12.3 Å². The lowest BCUT2D eigenvalue weighted by molar-refractivity contribution is 0.0656. The van der Waals surface area contributed by atoms with E-state index < -0.39 is 10.0 Å². The molecule has 19 heavy (non-hydrogen) atoms. The van der Waals surface area contributed by atoms with Gasteiger partial charge in [0.05, 0.1) is 6.54 Å². The van der Waals surface area contributed by atoms with Crippen molar-refractivity contribution in [1.29, 1.82) is 0 Å². The predicted molar refractivity (Wildman–Crippen MR) is 72.1 cm³/mol. The number of sulfonamides is 1. The van der Waals surface area contributed by atoms with Gasteiger partial charge in [-0.3, -0.25) is 0 Å². The second-order valence-corrected chi connectivity index (χ2v) is 6.92. The third kappa shape index (κ3) is 2.84. The average molecular weight is 287 g/mol. The van der Waals surface area contributed by atoms with E-state index in [1.165, 1.54) is 6.07 Å². The molecule has 2 rings (SSSR count). The first-order chi connectivity index (χ1) is 8.89. The van der Waals surface area contributed by atoms with E-state index in [4.69, 9.17) is 10.2 Å². The normalized spacial score (nSPS) is 18.5. The molecule has 0 radical (unpaired) electrons. The molecule has 0 saturated heterocycles. The van der Waals surface area contributed by atoms with E-state index in [9.17, 15) is 8.42 Å². The van der Waals surface area contributed by atoms with Crippen molar-refractivity contribution in [2.24, 2.45) is 5.73 Å². The molecule has 0 aliphatic heterocycles. The summed E-state index contributed by atoms with van der Waals surface area (Å²) in [5.41, 5.74) is 5.35. The van der Waals surface area contributed by atoms with Crippen LogP contribution < -0.4 is 10.5 Å². The number of nitrogens with zero attached hydrogens (tertiary/aromatic N) is 1. The van der Waals surface area contributed by atoms with Crippen LogP contribution in [0, 0.1) is 0 Å². The fraction of sp³-hybridized carbons (Fsp3) is 0.667. The van der Waals surface area contributed by atoms with Gasteiger partial charge in [0, 0.05) is 12.1 Å². The minimum absolute atomic E-state index is 0.0592. The zero-order valence-electron chi connectivity index (χ0n) is 11.3. The van der Waals surface area contributed by atoms with Crippen LogP contribution in [0.25, 0.3) is 0 Å². The van der Waals surface area contributed by atoms with Crippen molar-refractivity contribution < 1.29 is 12.8 Å². The fourth-order valence-corrected chi connectivity index (χ4v) is 3.34. The zero-order chi connectivity index (χ0) is 14.1. The van der Waals surface area contributed by atoms with E-state index in [1.54, 1.807) is 6.07 Å². The molecule has 0 bridgehead atoms. The molecule has 108 valence electrons. The van der Waals surface area contributed by atoms with Gasteiger partial charge < -0.3 is 15.1 Å². The highest BCUT2D eigenvalue weighted by atomic mass is 32.2. The Morgan fingerprint density at radius 2 is 2.11 bits per heavy atom. The topological polar surface area (TPSA) is 88.6 Å². The molecule has 1 aromatic heterocycles. The summed E-state index contributed by atoms with van der Waals surface area (Å²) >= 11 is 0. The van der Waals surface area contributed by atoms with Crippen molar-refractivity contribution in [3.8, 4) is 0 Å². The smallest absolute Gasteiger partial charge is 0.274 e. The molecule has 0 atom stereocenters. The van der Waals surface area contributed by atoms with E-state index in [0.717, 1.165) is 19.3 Å². The monoisotopic (exact) mass is 287 g/mol. The molecule has 6 nitrogen and oxygen atoms in total. The van der Waals surface area contributed by atoms with Gasteiger partial charge in [0.15, 0.2) is 0 Å². The van der Waals surface area contributed by atoms with Crippen LogP contribution in [0.2, 0.25) is 0 Å². The third-order valence-corrected chi connectivity index (χ3v) is 5.20. The van der Waals surface area contributed by atoms with E-state index >= 15 is 0 Å². The summed E-state index contributed by atoms with van der Waals surface area (Å²) in [5, 5.41) is -0.0684. The van der Waals surface area contributed by atoms with Gasteiger partial charge in [-0.2, -0.15) is 0 Å². The molecule has 1 saturated carbocycles. The second-order valence-electron chi connectivity index (χ2n) is 5.22. The van der Waals surface area contributed by atoms with Gasteiger partial charge in [-0.15, -0.1) is 0 Å². The quantitative estimate of drug-likeness (QED) is 0.795. The van der Waals surface area contributed by atoms with Crippen molar-refractivity contribution in [1.82, 2.24) is 9.62 Å². The first-order valence-corrected chi connectivity index (χ1v) is 7.84. The average Bonchev–Trinajstić information content (AvgIpc) is 2.76. The lowest BCUT2D eigenvalue weighted by Crippen LogP contribution is -2.57. The summed E-state index contributed by atoms with van der Waals surface area (Å²) in [4.78, 5) is 2.09. The van der Waals surface area contributed by atoms with Crippen LogP contribution >= 0.6 is 0 Å². The van der Waals surface area contributed by atoms with Crippen LogP contribution in [0.15, 0.2) is 21.6 Å². The molecular weight excluding hydrogens is 266 g/mol. The van der Waals surface area contributed by atoms with Crippen molar-refractivity contribution >= 4 is 10.0 Å². The maximum atomic E-state index is 12.1. The number of furan rings is 1. The zero-order valence-corrected chi connectivity index (χ0v) is 12.2. The molecule has 0 aromatic carbocycles. The first kappa shape index (κ1) is 14.5. The Morgan fingerprint density at radius 3 is 2.53 bits per heavy atom. The molecule has 7 heteroatoms. The SMILES string of the molecule is CN(C)C1(CNS(=O)(=O)c2ccc(CN)o2)CCC1. The molecular formula is C12H21N3O3S. The molecule has 1 heterocycles. The lowest BCUT2D eigenvalue weighted by Gasteiger charge is -2.47. The summed E-state index contributed by atoms with van der Waals surface area (Å²) < 4.78 is 32.0. The Morgan fingerprint density at radius 1 is 1.42 bits per heavy atom. The van der Waals surface area contributed by atoms with Gasteiger partial charge in [0.25, 0.3) is 10.0 Å². The number of likely N-dealkylation sites (N-methyl/N-ethyl adjacent to an activating group) is 1. The van der Waals surface area contributed by atoms with E-state index in [2.05, 4.69) is 9.62 Å². The number of rotatable bonds is 6. The standard InChI is InChI=1S/C12H21N3O3S/c1-15(2)12(6-3-7-12)9-14-19(16,17)11-5-4-10(8-13)18-11/h4-5,14H,3,6-9,13H2,1-2H3. The molecule has 1 aliphatic rings. The maximum Gasteiger partial charge on any atom is 0.274 e. The van der Waals surface area contributed by atoms with Crippen molar-refractivity contribution in [2.75, 3.05) is 20.6 Å². The van der Waals surface area contributed by atoms with Gasteiger partial charge in [-0.25, -0.2) is 13.1 Å². The predicted octanol–water partition coefficient (Wildman–Crippen LogP) is 0.501. The Labute approximate surface area is 114 Å². The van der Waals surface area contributed by atoms with E-state index in [1.807, 2.05) is 14.1 Å². The van der Waals surface area contributed by atoms with Crippen LogP contribution in [0.3, 0.4) is 0 Å². The fourth-order valence-electron chi connectivity index (χ4n) is 2.28. The highest BCUT2D eigenvalue weighted by molar-refractivity contribution is 7.89. The van der Waals surface area contributed by atoms with Crippen LogP contribution in [0.1, 0.15) is 25.0 Å². The van der Waals surface area contributed by atoms with Gasteiger partial charge in [-0.05, 0) is 45.5 Å². The maximum absolute atomic E-state index is 12.1. The summed E-state index contributed by atoms with van der Waals surface area (Å²) in [6, 6.07) is 3.02. The first-order valence-electron chi connectivity index (χ1n) is 6.35. The summed E-state index contributed by atoms with van der Waals surface area (Å²) in [6.07, 6.45) is 3.15. The molecule has 1 fully saturated rings. The number of nitrogens with two attached hydrogens (primary N) is 1. The van der Waals surface area contributed by atoms with Crippen molar-refractivity contribution in [3.63, 3.8) is 0 Å². The highest BCUT2D eigenvalue weighted by Crippen LogP contribution is 2.35. The minimum atomic E-state index is -3.59. The van der Waals surface area contributed by atoms with Gasteiger partial charge in [0.1, 0.15) is 5.76 Å². The number of hydrogen-bond donors (Lipinski definition) is 2. The Bertz CT molecular complexity index is 532. The van der Waals surface area contributed by atoms with E-state index in [-0.39, 0.29) is 17.2 Å². The number of nitrogens with one attached hydrogen (secondary N) is 1. The Hall–Kier alpha value is -0.890. The second kappa shape index (κ2) is 5.24. The van der Waals surface area contributed by atoms with Gasteiger partial charge in [-0.1, -0.05) is 0 Å². The number of hydrogen-bond acceptors (Lipinski definition) is 5. The summed E-state index contributed by atoms with van der Waals surface area (Å²) in [5.74, 6) is 0.464. The lowest BCUT2D eigenvalue weighted by atomic mass is 9.76. The van der Waals surface area contributed by atoms with Gasteiger partial charge in [0.2, 0.25) is 5.09 Å². The van der Waals surface area contributed by atoms with Crippen LogP contribution in [-0.2, 0) is 16.6 Å². The van der Waals surface area contributed by atoms with Crippen molar-refractivity contribution in [3.05, 3.63) is 17.9 Å². The largest absolute Gasteiger partial charge is 0.447 e. The Balaban J connectivity index is 2.05. The minimum Gasteiger partial charge on any atom is -0.447 e. The Kier molecular flexibility index (Phi) is 4.00. The molecule has 0 spiro atoms. The molecule has 1 aliphatic carbocycles. The summed E-state index contributed by atoms with van der Waals surface area (Å²) in [6.45, 7) is 0.595. The third-order valence-electron chi connectivity index (χ3n) is 3.93. The van der Waals surface area contributed by atoms with Crippen LogP contribution in [0.5, 0.6) is 0 Å². The molecule has 3 N–H and O–H groups in total. The van der Waals surface area contributed by atoms with Crippen LogP contribution in [-0.4, -0.2) is 39.5 Å². The molecule has 0 unspecified atom stereocenters. The van der Waals surface area contributed by atoms with Crippen LogP contribution in [0.4, 0.5) is 0 Å². The molecule has 1 aromatic rings. The van der Waals surface area contributed by atoms with Crippen molar-refractivity contribution in [2.45, 2.75) is 36.4 Å².